The van der Waals surface area contributed by atoms with E-state index in [-0.39, 0.29) is 0 Å². The molecule has 0 rings (SSSR count). The molecular formula is C6H4F10OS. The minimum absolute atomic E-state index is 3.19. The standard InChI is InChI=1S/C6H4F10OS/c7-3(8,9)1-5(13,14)18(17)6(15,16)2-4(10,11)12/h1-2H2. The molecule has 0 unspecified atom stereocenters. The second kappa shape index (κ2) is 4.94. The molecule has 0 saturated heterocycles. The molecule has 0 heterocycles. The molecule has 0 aromatic heterocycles. The lowest BCUT2D eigenvalue weighted by molar-refractivity contribution is -0.175. The average molecular weight is 314 g/mol. The van der Waals surface area contributed by atoms with E-state index in [1.807, 2.05) is 0 Å². The molecule has 18 heavy (non-hydrogen) atoms. The summed E-state index contributed by atoms with van der Waals surface area (Å²) >= 11 is -4.94. The molecule has 0 N–H and O–H groups in total. The highest BCUT2D eigenvalue weighted by Gasteiger charge is 2.65. The van der Waals surface area contributed by atoms with Crippen LogP contribution < -0.4 is 0 Å². The molecule has 0 aliphatic rings. The van der Waals surface area contributed by atoms with Gasteiger partial charge in [0.1, 0.15) is 0 Å². The number of hydrogen-bond donors (Lipinski definition) is 0. The molecule has 0 atom stereocenters. The summed E-state index contributed by atoms with van der Waals surface area (Å²) in [7, 11) is 0. The number of alkyl halides is 10. The zero-order chi connectivity index (χ0) is 15.0. The second-order valence-corrected chi connectivity index (χ2v) is 4.86. The van der Waals surface area contributed by atoms with Gasteiger partial charge in [0.2, 0.25) is 0 Å². The summed E-state index contributed by atoms with van der Waals surface area (Å²) in [6, 6.07) is 0. The molecule has 110 valence electrons. The smallest absolute Gasteiger partial charge is 0.420 e. The molecule has 1 nitrogen and oxygen atoms in total. The third-order valence-corrected chi connectivity index (χ3v) is 2.73. The van der Waals surface area contributed by atoms with Crippen LogP contribution >= 0.6 is 0 Å². The highest BCUT2D eigenvalue weighted by atomic mass is 32.2. The van der Waals surface area contributed by atoms with Gasteiger partial charge in [-0.1, -0.05) is 0 Å². The maximum Gasteiger partial charge on any atom is 0.420 e. The molecule has 0 saturated carbocycles. The van der Waals surface area contributed by atoms with Gasteiger partial charge in [0.05, 0.1) is 11.2 Å². The van der Waals surface area contributed by atoms with Gasteiger partial charge in [-0.05, 0) is 0 Å². The van der Waals surface area contributed by atoms with Crippen LogP contribution in [0, 0.1) is 0 Å². The van der Waals surface area contributed by atoms with Gasteiger partial charge in [0, 0.05) is 0 Å². The van der Waals surface area contributed by atoms with Crippen molar-refractivity contribution < 1.29 is 48.5 Å². The van der Waals surface area contributed by atoms with E-state index in [4.69, 9.17) is 0 Å². The molecule has 0 radical (unpaired) electrons. The Bertz CT molecular complexity index is 253. The maximum atomic E-state index is 12.5. The summed E-state index contributed by atoms with van der Waals surface area (Å²) in [4.78, 5) is 0. The topological polar surface area (TPSA) is 23.1 Å². The lowest BCUT2D eigenvalue weighted by atomic mass is 10.4. The minimum Gasteiger partial charge on any atom is -0.607 e. The maximum absolute atomic E-state index is 12.5. The van der Waals surface area contributed by atoms with Gasteiger partial charge in [-0.2, -0.15) is 43.9 Å². The van der Waals surface area contributed by atoms with Crippen molar-refractivity contribution in [2.24, 2.45) is 0 Å². The molecule has 12 heteroatoms. The van der Waals surface area contributed by atoms with Crippen LogP contribution in [0.1, 0.15) is 12.8 Å². The van der Waals surface area contributed by atoms with Crippen molar-refractivity contribution in [3.63, 3.8) is 0 Å². The van der Waals surface area contributed by atoms with Gasteiger partial charge in [-0.3, -0.25) is 0 Å². The monoisotopic (exact) mass is 314 g/mol. The van der Waals surface area contributed by atoms with E-state index in [2.05, 4.69) is 0 Å². The Morgan fingerprint density at radius 3 is 1.00 bits per heavy atom. The van der Waals surface area contributed by atoms with E-state index >= 15 is 0 Å². The van der Waals surface area contributed by atoms with Crippen LogP contribution in [-0.4, -0.2) is 27.4 Å². The molecule has 0 aromatic carbocycles. The van der Waals surface area contributed by atoms with Crippen molar-refractivity contribution in [2.75, 3.05) is 0 Å². The molecule has 0 amide bonds. The van der Waals surface area contributed by atoms with E-state index in [1.165, 1.54) is 0 Å². The molecule has 0 aromatic rings. The summed E-state index contributed by atoms with van der Waals surface area (Å²) < 4.78 is 130. The summed E-state index contributed by atoms with van der Waals surface area (Å²) in [6.07, 6.45) is -17.7. The fraction of sp³-hybridized carbons (Fsp3) is 1.00. The lowest BCUT2D eigenvalue weighted by Gasteiger charge is -2.27. The Morgan fingerprint density at radius 1 is 0.611 bits per heavy atom. The first-order valence-corrected chi connectivity index (χ1v) is 5.03. The fourth-order valence-corrected chi connectivity index (χ4v) is 1.84. The molecule has 0 spiro atoms. The van der Waals surface area contributed by atoms with Crippen molar-refractivity contribution >= 4 is 11.2 Å². The van der Waals surface area contributed by atoms with Crippen LogP contribution in [0.15, 0.2) is 0 Å². The third-order valence-electron chi connectivity index (χ3n) is 1.35. The van der Waals surface area contributed by atoms with Gasteiger partial charge < -0.3 is 4.55 Å². The second-order valence-electron chi connectivity index (χ2n) is 3.13. The number of rotatable bonds is 4. The zero-order valence-electron chi connectivity index (χ0n) is 8.01. The van der Waals surface area contributed by atoms with E-state index in [9.17, 15) is 48.5 Å². The van der Waals surface area contributed by atoms with Crippen LogP contribution in [-0.2, 0) is 11.2 Å². The van der Waals surface area contributed by atoms with Gasteiger partial charge in [-0.25, -0.2) is 0 Å². The van der Waals surface area contributed by atoms with Gasteiger partial charge in [0.25, 0.3) is 0 Å². The van der Waals surface area contributed by atoms with Crippen LogP contribution in [0.4, 0.5) is 43.9 Å². The number of halogens is 10. The van der Waals surface area contributed by atoms with Gasteiger partial charge in [0.15, 0.2) is 12.8 Å². The Balaban J connectivity index is 4.96. The van der Waals surface area contributed by atoms with E-state index in [0.29, 0.717) is 0 Å². The molecule has 0 aliphatic carbocycles. The Morgan fingerprint density at radius 2 is 0.833 bits per heavy atom. The van der Waals surface area contributed by atoms with Crippen molar-refractivity contribution in [1.29, 1.82) is 0 Å². The normalized spacial score (nSPS) is 15.3. The number of hydrogen-bond acceptors (Lipinski definition) is 1. The van der Waals surface area contributed by atoms with Crippen molar-refractivity contribution in [3.8, 4) is 0 Å². The molecule has 0 aliphatic heterocycles. The minimum atomic E-state index is -5.65. The lowest BCUT2D eigenvalue weighted by Crippen LogP contribution is -2.46. The SMILES string of the molecule is [O-][S+](C(F)(F)CC(F)(F)F)C(F)(F)CC(F)(F)F. The first kappa shape index (κ1) is 17.6. The predicted octanol–water partition coefficient (Wildman–Crippen LogP) is 3.83. The van der Waals surface area contributed by atoms with E-state index in [0.717, 1.165) is 0 Å². The Labute approximate surface area is 96.3 Å². The molecule has 0 fully saturated rings. The summed E-state index contributed by atoms with van der Waals surface area (Å²) in [5, 5.41) is -11.0. The van der Waals surface area contributed by atoms with Crippen LogP contribution in [0.25, 0.3) is 0 Å². The summed E-state index contributed by atoms with van der Waals surface area (Å²) in [6.45, 7) is 0. The molecular weight excluding hydrogens is 310 g/mol. The van der Waals surface area contributed by atoms with Gasteiger partial charge >= 0.3 is 22.9 Å². The third kappa shape index (κ3) is 5.98. The fourth-order valence-electron chi connectivity index (χ4n) is 0.816. The summed E-state index contributed by atoms with van der Waals surface area (Å²) in [5.41, 5.74) is 0. The first-order chi connectivity index (χ1) is 7.57. The summed E-state index contributed by atoms with van der Waals surface area (Å²) in [5.74, 6) is 0. The first-order valence-electron chi connectivity index (χ1n) is 3.88. The highest BCUT2D eigenvalue weighted by molar-refractivity contribution is 7.93. The Kier molecular flexibility index (Phi) is 4.84. The average Bonchev–Trinajstić information content (AvgIpc) is 1.92. The zero-order valence-corrected chi connectivity index (χ0v) is 8.83. The molecule has 0 bridgehead atoms. The van der Waals surface area contributed by atoms with Crippen LogP contribution in [0.2, 0.25) is 0 Å². The van der Waals surface area contributed by atoms with Crippen molar-refractivity contribution in [2.45, 2.75) is 35.7 Å². The van der Waals surface area contributed by atoms with E-state index < -0.39 is 46.9 Å². The Hall–Kier alpha value is -0.390. The van der Waals surface area contributed by atoms with Crippen LogP contribution in [0.3, 0.4) is 0 Å². The largest absolute Gasteiger partial charge is 0.607 e. The van der Waals surface area contributed by atoms with E-state index in [1.54, 1.807) is 0 Å². The van der Waals surface area contributed by atoms with Crippen molar-refractivity contribution in [1.82, 2.24) is 0 Å². The van der Waals surface area contributed by atoms with Crippen molar-refractivity contribution in [3.05, 3.63) is 0 Å². The predicted molar refractivity (Wildman–Crippen MR) is 39.4 cm³/mol. The quantitative estimate of drug-likeness (QED) is 0.571. The van der Waals surface area contributed by atoms with Crippen LogP contribution in [0.5, 0.6) is 0 Å². The highest BCUT2D eigenvalue weighted by Crippen LogP contribution is 2.45. The van der Waals surface area contributed by atoms with Gasteiger partial charge in [-0.15, -0.1) is 0 Å².